The Bertz CT molecular complexity index is 345. The zero-order valence-corrected chi connectivity index (χ0v) is 9.88. The molecule has 0 fully saturated rings. The first-order chi connectivity index (χ1) is 7.67. The van der Waals surface area contributed by atoms with Gasteiger partial charge in [0, 0.05) is 0 Å². The van der Waals surface area contributed by atoms with Crippen LogP contribution < -0.4 is 4.84 Å². The van der Waals surface area contributed by atoms with Gasteiger partial charge in [-0.15, -0.1) is 5.01 Å². The van der Waals surface area contributed by atoms with Crippen molar-refractivity contribution in [2.45, 2.75) is 20.8 Å². The molecule has 0 aliphatic rings. The lowest BCUT2D eigenvalue weighted by Crippen LogP contribution is -2.30. The van der Waals surface area contributed by atoms with E-state index in [0.717, 1.165) is 5.56 Å². The Morgan fingerprint density at radius 1 is 1.25 bits per heavy atom. The molecular weight excluding hydrogens is 206 g/mol. The Hall–Kier alpha value is -1.78. The molecule has 0 heterocycles. The van der Waals surface area contributed by atoms with E-state index in [1.54, 1.807) is 12.1 Å². The van der Waals surface area contributed by atoms with Gasteiger partial charge < -0.3 is 10.0 Å². The standard InChI is InChI=1S/C11H17N3O2/c1-4-13(5-2)14(15)12-16-11-8-6-10(3)7-9-11/h6-9H,4-5H2,1-3H3/b14-12-. The molecule has 0 saturated carbocycles. The first-order valence-corrected chi connectivity index (χ1v) is 5.34. The molecular formula is C11H17N3O2. The molecule has 0 amide bonds. The van der Waals surface area contributed by atoms with Gasteiger partial charge in [0.25, 0.3) is 0 Å². The maximum Gasteiger partial charge on any atom is 0.239 e. The third-order valence-corrected chi connectivity index (χ3v) is 2.21. The number of benzene rings is 1. The molecule has 0 aliphatic carbocycles. The molecule has 5 heteroatoms. The van der Waals surface area contributed by atoms with Crippen LogP contribution in [0.4, 0.5) is 0 Å². The smallest absolute Gasteiger partial charge is 0.239 e. The summed E-state index contributed by atoms with van der Waals surface area (Å²) >= 11 is 0. The van der Waals surface area contributed by atoms with Crippen LogP contribution in [0.2, 0.25) is 0 Å². The van der Waals surface area contributed by atoms with Crippen LogP contribution in [0, 0.1) is 12.1 Å². The summed E-state index contributed by atoms with van der Waals surface area (Å²) in [6.45, 7) is 6.95. The lowest BCUT2D eigenvalue weighted by atomic mass is 10.2. The second-order valence-electron chi connectivity index (χ2n) is 3.38. The SMILES string of the molecule is CCN(CC)/[N+]([O-])=N/Oc1ccc(C)cc1. The van der Waals surface area contributed by atoms with Crippen molar-refractivity contribution in [3.05, 3.63) is 35.0 Å². The molecule has 0 radical (unpaired) electrons. The van der Waals surface area contributed by atoms with Gasteiger partial charge >= 0.3 is 0 Å². The molecule has 0 spiro atoms. The van der Waals surface area contributed by atoms with Crippen LogP contribution in [0.25, 0.3) is 0 Å². The molecule has 0 bridgehead atoms. The monoisotopic (exact) mass is 223 g/mol. The van der Waals surface area contributed by atoms with Crippen molar-refractivity contribution in [2.24, 2.45) is 5.28 Å². The highest BCUT2D eigenvalue weighted by Gasteiger charge is 2.06. The Morgan fingerprint density at radius 3 is 2.31 bits per heavy atom. The minimum Gasteiger partial charge on any atom is -0.569 e. The van der Waals surface area contributed by atoms with Crippen molar-refractivity contribution >= 4 is 0 Å². The molecule has 1 rings (SSSR count). The fourth-order valence-electron chi connectivity index (χ4n) is 1.20. The fraction of sp³-hybridized carbons (Fsp3) is 0.455. The van der Waals surface area contributed by atoms with Gasteiger partial charge in [0.1, 0.15) is 0 Å². The number of hydrazine groups is 1. The number of rotatable bonds is 5. The largest absolute Gasteiger partial charge is 0.569 e. The topological polar surface area (TPSA) is 50.9 Å². The zero-order chi connectivity index (χ0) is 12.0. The van der Waals surface area contributed by atoms with E-state index in [1.165, 1.54) is 5.01 Å². The number of hydrogen-bond donors (Lipinski definition) is 0. The summed E-state index contributed by atoms with van der Waals surface area (Å²) in [4.78, 5) is 5.48. The van der Waals surface area contributed by atoms with Gasteiger partial charge in [-0.3, -0.25) is 0 Å². The van der Waals surface area contributed by atoms with Gasteiger partial charge in [-0.05, 0) is 32.9 Å². The van der Waals surface area contributed by atoms with Gasteiger partial charge in [-0.2, -0.15) is 0 Å². The summed E-state index contributed by atoms with van der Waals surface area (Å²) in [5.74, 6) is 0.554. The summed E-state index contributed by atoms with van der Waals surface area (Å²) in [6.07, 6.45) is 0. The number of aryl methyl sites for hydroxylation is 1. The fourth-order valence-corrected chi connectivity index (χ4v) is 1.20. The van der Waals surface area contributed by atoms with Crippen molar-refractivity contribution in [1.29, 1.82) is 0 Å². The number of nitrogens with zero attached hydrogens (tertiary/aromatic N) is 3. The van der Waals surface area contributed by atoms with E-state index in [1.807, 2.05) is 32.9 Å². The molecule has 0 aliphatic heterocycles. The minimum absolute atomic E-state index is 0.472. The van der Waals surface area contributed by atoms with Crippen LogP contribution in [0.15, 0.2) is 29.5 Å². The predicted molar refractivity (Wildman–Crippen MR) is 60.8 cm³/mol. The van der Waals surface area contributed by atoms with E-state index in [-0.39, 0.29) is 0 Å². The maximum atomic E-state index is 11.4. The molecule has 0 saturated heterocycles. The van der Waals surface area contributed by atoms with Crippen LogP contribution in [0.1, 0.15) is 19.4 Å². The zero-order valence-electron chi connectivity index (χ0n) is 9.88. The first-order valence-electron chi connectivity index (χ1n) is 5.34. The molecule has 0 atom stereocenters. The average Bonchev–Trinajstić information content (AvgIpc) is 2.30. The van der Waals surface area contributed by atoms with Crippen molar-refractivity contribution < 1.29 is 9.81 Å². The van der Waals surface area contributed by atoms with Gasteiger partial charge in [0.05, 0.1) is 18.1 Å². The first kappa shape index (κ1) is 12.3. The summed E-state index contributed by atoms with van der Waals surface area (Å²) in [5.41, 5.74) is 1.13. The second kappa shape index (κ2) is 5.95. The number of hydrogen-bond acceptors (Lipinski definition) is 3. The lowest BCUT2D eigenvalue weighted by Gasteiger charge is -2.13. The van der Waals surface area contributed by atoms with E-state index in [4.69, 9.17) is 4.84 Å². The van der Waals surface area contributed by atoms with Gasteiger partial charge in [0.15, 0.2) is 5.75 Å². The van der Waals surface area contributed by atoms with Gasteiger partial charge in [0.2, 0.25) is 5.28 Å². The molecule has 5 nitrogen and oxygen atoms in total. The Morgan fingerprint density at radius 2 is 1.81 bits per heavy atom. The summed E-state index contributed by atoms with van der Waals surface area (Å²) in [6, 6.07) is 7.35. The molecule has 16 heavy (non-hydrogen) atoms. The van der Waals surface area contributed by atoms with E-state index >= 15 is 0 Å². The van der Waals surface area contributed by atoms with Crippen LogP contribution in [0.5, 0.6) is 5.75 Å². The highest BCUT2D eigenvalue weighted by molar-refractivity contribution is 5.25. The highest BCUT2D eigenvalue weighted by Crippen LogP contribution is 2.11. The lowest BCUT2D eigenvalue weighted by molar-refractivity contribution is -0.706. The average molecular weight is 223 g/mol. The molecule has 88 valence electrons. The second-order valence-corrected chi connectivity index (χ2v) is 3.38. The van der Waals surface area contributed by atoms with Gasteiger partial charge in [-0.25, -0.2) is 0 Å². The van der Waals surface area contributed by atoms with E-state index < -0.39 is 0 Å². The minimum atomic E-state index is 0.472. The highest BCUT2D eigenvalue weighted by atomic mass is 16.7. The summed E-state index contributed by atoms with van der Waals surface area (Å²) in [5, 5.41) is 16.4. The Balaban J connectivity index is 2.61. The van der Waals surface area contributed by atoms with Crippen molar-refractivity contribution in [3.8, 4) is 5.75 Å². The maximum absolute atomic E-state index is 11.4. The quantitative estimate of drug-likeness (QED) is 0.438. The van der Waals surface area contributed by atoms with Crippen molar-refractivity contribution in [3.63, 3.8) is 0 Å². The predicted octanol–water partition coefficient (Wildman–Crippen LogP) is 2.51. The molecule has 1 aromatic rings. The van der Waals surface area contributed by atoms with Crippen molar-refractivity contribution in [2.75, 3.05) is 13.1 Å². The molecule has 0 N–H and O–H groups in total. The Kier molecular flexibility index (Phi) is 4.57. The van der Waals surface area contributed by atoms with Crippen LogP contribution in [-0.4, -0.2) is 23.1 Å². The summed E-state index contributed by atoms with van der Waals surface area (Å²) < 4.78 is 0. The summed E-state index contributed by atoms with van der Waals surface area (Å²) in [7, 11) is 0. The normalized spacial score (nSPS) is 11.3. The molecule has 1 aromatic carbocycles. The van der Waals surface area contributed by atoms with Crippen molar-refractivity contribution in [1.82, 2.24) is 5.01 Å². The van der Waals surface area contributed by atoms with Gasteiger partial charge in [-0.1, -0.05) is 17.7 Å². The van der Waals surface area contributed by atoms with E-state index in [2.05, 4.69) is 5.28 Å². The Labute approximate surface area is 95.5 Å². The molecule has 0 unspecified atom stereocenters. The third kappa shape index (κ3) is 3.42. The van der Waals surface area contributed by atoms with E-state index in [0.29, 0.717) is 23.8 Å². The molecule has 0 aromatic heterocycles. The van der Waals surface area contributed by atoms with E-state index in [9.17, 15) is 5.21 Å². The van der Waals surface area contributed by atoms with Crippen LogP contribution in [-0.2, 0) is 0 Å². The van der Waals surface area contributed by atoms with Crippen LogP contribution >= 0.6 is 0 Å². The van der Waals surface area contributed by atoms with Crippen LogP contribution in [0.3, 0.4) is 0 Å². The third-order valence-electron chi connectivity index (χ3n) is 2.21.